The third kappa shape index (κ3) is 2.31. The normalized spacial score (nSPS) is 20.8. The number of carbonyl (C=O) groups excluding carboxylic acids is 2. The van der Waals surface area contributed by atoms with Gasteiger partial charge in [-0.3, -0.25) is 14.6 Å². The smallest absolute Gasteiger partial charge is 0.274 e. The average Bonchev–Trinajstić information content (AvgIpc) is 3.37. The van der Waals surface area contributed by atoms with Crippen LogP contribution in [-0.4, -0.2) is 39.7 Å². The Morgan fingerprint density at radius 3 is 2.71 bits per heavy atom. The Bertz CT molecular complexity index is 1060. The van der Waals surface area contributed by atoms with Crippen LogP contribution in [0.15, 0.2) is 65.6 Å². The molecule has 2 aliphatic rings. The first-order chi connectivity index (χ1) is 13.6. The first-order valence-corrected chi connectivity index (χ1v) is 9.35. The molecular weight excluding hydrogens is 378 g/mol. The second-order valence-electron chi connectivity index (χ2n) is 6.94. The van der Waals surface area contributed by atoms with Crippen molar-refractivity contribution in [3.05, 3.63) is 88.6 Å². The van der Waals surface area contributed by atoms with Crippen molar-refractivity contribution in [2.24, 2.45) is 0 Å². The number of halogens is 1. The van der Waals surface area contributed by atoms with Gasteiger partial charge in [0.1, 0.15) is 17.6 Å². The highest BCUT2D eigenvalue weighted by Crippen LogP contribution is 2.45. The monoisotopic (exact) mass is 393 g/mol. The van der Waals surface area contributed by atoms with Crippen molar-refractivity contribution < 1.29 is 14.0 Å². The van der Waals surface area contributed by atoms with Crippen LogP contribution in [0.3, 0.4) is 0 Å². The van der Waals surface area contributed by atoms with Gasteiger partial charge in [-0.25, -0.2) is 0 Å². The van der Waals surface area contributed by atoms with E-state index in [-0.39, 0.29) is 11.8 Å². The molecular formula is C21H16ClN3O3. The van der Waals surface area contributed by atoms with E-state index < -0.39 is 5.66 Å². The van der Waals surface area contributed by atoms with Crippen molar-refractivity contribution in [2.75, 3.05) is 13.1 Å². The van der Waals surface area contributed by atoms with Crippen LogP contribution in [0.1, 0.15) is 32.0 Å². The molecule has 0 radical (unpaired) electrons. The molecule has 0 N–H and O–H groups in total. The highest BCUT2D eigenvalue weighted by atomic mass is 35.5. The van der Waals surface area contributed by atoms with Crippen LogP contribution in [0.5, 0.6) is 0 Å². The van der Waals surface area contributed by atoms with E-state index in [1.807, 2.05) is 24.3 Å². The van der Waals surface area contributed by atoms with Crippen LogP contribution in [0.4, 0.5) is 0 Å². The molecule has 1 atom stereocenters. The number of aromatic nitrogens is 1. The fourth-order valence-electron chi connectivity index (χ4n) is 4.29. The largest absolute Gasteiger partial charge is 0.472 e. The molecule has 28 heavy (non-hydrogen) atoms. The molecule has 1 aromatic carbocycles. The Balaban J connectivity index is 1.71. The number of nitrogens with zero attached hydrogens (tertiary/aromatic N) is 3. The summed E-state index contributed by atoms with van der Waals surface area (Å²) in [5.41, 5.74) is 1.65. The van der Waals surface area contributed by atoms with Crippen molar-refractivity contribution in [1.29, 1.82) is 0 Å². The summed E-state index contributed by atoms with van der Waals surface area (Å²) in [6, 6.07) is 12.7. The zero-order chi connectivity index (χ0) is 19.3. The number of fused-ring (bicyclic) bond motifs is 2. The summed E-state index contributed by atoms with van der Waals surface area (Å²) in [7, 11) is 0. The maximum Gasteiger partial charge on any atom is 0.274 e. The second kappa shape index (κ2) is 6.21. The lowest BCUT2D eigenvalue weighted by Crippen LogP contribution is -2.58. The van der Waals surface area contributed by atoms with E-state index in [9.17, 15) is 9.59 Å². The van der Waals surface area contributed by atoms with Crippen LogP contribution in [-0.2, 0) is 12.1 Å². The number of amides is 2. The molecule has 2 aliphatic heterocycles. The minimum Gasteiger partial charge on any atom is -0.472 e. The number of carbonyl (C=O) groups is 2. The van der Waals surface area contributed by atoms with Crippen LogP contribution in [0.2, 0.25) is 5.02 Å². The zero-order valence-corrected chi connectivity index (χ0v) is 15.6. The SMILES string of the molecule is O=C(c1ccoc1)N1CCN2C(=O)c3ncccc3CC12c1ccc(Cl)cc1. The molecule has 6 nitrogen and oxygen atoms in total. The Morgan fingerprint density at radius 1 is 1.14 bits per heavy atom. The first-order valence-electron chi connectivity index (χ1n) is 8.97. The van der Waals surface area contributed by atoms with E-state index >= 15 is 0 Å². The number of benzene rings is 1. The van der Waals surface area contributed by atoms with Crippen molar-refractivity contribution in [2.45, 2.75) is 12.1 Å². The minimum atomic E-state index is -0.925. The summed E-state index contributed by atoms with van der Waals surface area (Å²) in [6.45, 7) is 0.855. The van der Waals surface area contributed by atoms with Gasteiger partial charge in [0.05, 0.1) is 11.8 Å². The van der Waals surface area contributed by atoms with Crippen LogP contribution < -0.4 is 0 Å². The quantitative estimate of drug-likeness (QED) is 0.669. The molecule has 2 amide bonds. The topological polar surface area (TPSA) is 66.7 Å². The summed E-state index contributed by atoms with van der Waals surface area (Å²) in [6.07, 6.45) is 4.99. The van der Waals surface area contributed by atoms with Crippen molar-refractivity contribution in [3.63, 3.8) is 0 Å². The Labute approximate surface area is 166 Å². The fourth-order valence-corrected chi connectivity index (χ4v) is 4.41. The highest BCUT2D eigenvalue weighted by molar-refractivity contribution is 6.30. The lowest BCUT2D eigenvalue weighted by Gasteiger charge is -2.46. The minimum absolute atomic E-state index is 0.167. The molecule has 140 valence electrons. The van der Waals surface area contributed by atoms with Crippen molar-refractivity contribution in [3.8, 4) is 0 Å². The molecule has 1 unspecified atom stereocenters. The molecule has 4 heterocycles. The number of rotatable bonds is 2. The summed E-state index contributed by atoms with van der Waals surface area (Å²) >= 11 is 6.10. The molecule has 0 saturated carbocycles. The molecule has 5 rings (SSSR count). The maximum absolute atomic E-state index is 13.3. The molecule has 3 aromatic rings. The molecule has 1 fully saturated rings. The van der Waals surface area contributed by atoms with Crippen LogP contribution in [0, 0.1) is 0 Å². The van der Waals surface area contributed by atoms with E-state index in [0.717, 1.165) is 11.1 Å². The highest BCUT2D eigenvalue weighted by Gasteiger charge is 2.56. The molecule has 1 saturated heterocycles. The third-order valence-corrected chi connectivity index (χ3v) is 5.79. The second-order valence-corrected chi connectivity index (χ2v) is 7.37. The molecule has 0 spiro atoms. The Hall–Kier alpha value is -3.12. The van der Waals surface area contributed by atoms with E-state index in [4.69, 9.17) is 16.0 Å². The van der Waals surface area contributed by atoms with Crippen LogP contribution in [0.25, 0.3) is 0 Å². The van der Waals surface area contributed by atoms with E-state index in [1.165, 1.54) is 12.5 Å². The van der Waals surface area contributed by atoms with E-state index in [2.05, 4.69) is 4.98 Å². The first kappa shape index (κ1) is 17.0. The Kier molecular flexibility index (Phi) is 3.77. The van der Waals surface area contributed by atoms with Gasteiger partial charge in [0.2, 0.25) is 0 Å². The third-order valence-electron chi connectivity index (χ3n) is 5.54. The number of pyridine rings is 1. The van der Waals surface area contributed by atoms with Gasteiger partial charge in [-0.15, -0.1) is 0 Å². The van der Waals surface area contributed by atoms with Gasteiger partial charge < -0.3 is 14.2 Å². The fraction of sp³-hybridized carbons (Fsp3) is 0.190. The predicted octanol–water partition coefficient (Wildman–Crippen LogP) is 3.34. The van der Waals surface area contributed by atoms with Crippen molar-refractivity contribution >= 4 is 23.4 Å². The maximum atomic E-state index is 13.3. The van der Waals surface area contributed by atoms with Gasteiger partial charge in [0, 0.05) is 30.7 Å². The summed E-state index contributed by atoms with van der Waals surface area (Å²) in [5, 5.41) is 0.599. The van der Waals surface area contributed by atoms with Crippen LogP contribution >= 0.6 is 11.6 Å². The predicted molar refractivity (Wildman–Crippen MR) is 102 cm³/mol. The molecule has 0 bridgehead atoms. The van der Waals surface area contributed by atoms with Gasteiger partial charge in [0.15, 0.2) is 0 Å². The van der Waals surface area contributed by atoms with E-state index in [0.29, 0.717) is 35.8 Å². The van der Waals surface area contributed by atoms with Gasteiger partial charge >= 0.3 is 0 Å². The molecule has 0 aliphatic carbocycles. The van der Waals surface area contributed by atoms with Gasteiger partial charge in [-0.2, -0.15) is 0 Å². The number of hydrogen-bond acceptors (Lipinski definition) is 4. The van der Waals surface area contributed by atoms with Gasteiger partial charge in [-0.05, 0) is 35.4 Å². The molecule has 2 aromatic heterocycles. The number of hydrogen-bond donors (Lipinski definition) is 0. The lowest BCUT2D eigenvalue weighted by atomic mass is 9.85. The van der Waals surface area contributed by atoms with Gasteiger partial charge in [-0.1, -0.05) is 29.8 Å². The number of furan rings is 1. The van der Waals surface area contributed by atoms with E-state index in [1.54, 1.807) is 34.2 Å². The summed E-state index contributed by atoms with van der Waals surface area (Å²) in [5.74, 6) is -0.342. The van der Waals surface area contributed by atoms with Gasteiger partial charge in [0.25, 0.3) is 11.8 Å². The Morgan fingerprint density at radius 2 is 1.96 bits per heavy atom. The summed E-state index contributed by atoms with van der Waals surface area (Å²) in [4.78, 5) is 34.4. The van der Waals surface area contributed by atoms with Crippen molar-refractivity contribution in [1.82, 2.24) is 14.8 Å². The standard InChI is InChI=1S/C21H16ClN3O3/c22-17-5-3-16(4-6-17)21-12-14-2-1-8-23-18(14)20(27)25(21)10-9-24(21)19(26)15-7-11-28-13-15/h1-8,11,13H,9-10,12H2. The average molecular weight is 394 g/mol. The summed E-state index contributed by atoms with van der Waals surface area (Å²) < 4.78 is 5.11. The molecule has 7 heteroatoms. The zero-order valence-electron chi connectivity index (χ0n) is 14.8. The lowest BCUT2D eigenvalue weighted by molar-refractivity contribution is 0.00712.